The van der Waals surface area contributed by atoms with E-state index in [9.17, 15) is 14.7 Å². The highest BCUT2D eigenvalue weighted by molar-refractivity contribution is 7.99. The monoisotopic (exact) mass is 314 g/mol. The maximum Gasteiger partial charge on any atom is 0.234 e. The molecule has 0 atom stereocenters. The minimum atomic E-state index is -1.19. The molecular formula is C17H16NO3S-. The Morgan fingerprint density at radius 2 is 1.91 bits per heavy atom. The first-order chi connectivity index (χ1) is 10.5. The van der Waals surface area contributed by atoms with Gasteiger partial charge in [0.2, 0.25) is 5.91 Å². The van der Waals surface area contributed by atoms with Crippen molar-refractivity contribution in [2.24, 2.45) is 0 Å². The van der Waals surface area contributed by atoms with E-state index in [4.69, 9.17) is 0 Å². The first-order valence-corrected chi connectivity index (χ1v) is 7.94. The van der Waals surface area contributed by atoms with E-state index in [2.05, 4.69) is 5.32 Å². The number of carbonyl (C=O) groups excluding carboxylic acids is 2. The van der Waals surface area contributed by atoms with Gasteiger partial charge in [-0.2, -0.15) is 0 Å². The molecule has 0 spiro atoms. The van der Waals surface area contributed by atoms with Crippen LogP contribution in [0.5, 0.6) is 0 Å². The van der Waals surface area contributed by atoms with Crippen molar-refractivity contribution < 1.29 is 14.7 Å². The summed E-state index contributed by atoms with van der Waals surface area (Å²) in [4.78, 5) is 22.6. The lowest BCUT2D eigenvalue weighted by Gasteiger charge is -2.07. The molecule has 0 unspecified atom stereocenters. The van der Waals surface area contributed by atoms with E-state index in [-0.39, 0.29) is 11.5 Å². The minimum absolute atomic E-state index is 0.0772. The van der Waals surface area contributed by atoms with Gasteiger partial charge in [-0.1, -0.05) is 30.3 Å². The second-order valence-corrected chi connectivity index (χ2v) is 5.88. The number of hydrogen-bond donors (Lipinski definition) is 1. The fourth-order valence-electron chi connectivity index (χ4n) is 1.97. The van der Waals surface area contributed by atoms with Crippen LogP contribution in [0.3, 0.4) is 0 Å². The number of aryl methyl sites for hydroxylation is 1. The van der Waals surface area contributed by atoms with E-state index < -0.39 is 5.97 Å². The second-order valence-electron chi connectivity index (χ2n) is 4.90. The molecule has 0 fully saturated rings. The third-order valence-electron chi connectivity index (χ3n) is 2.97. The molecule has 0 heterocycles. The molecule has 1 amide bonds. The molecule has 0 bridgehead atoms. The predicted octanol–water partition coefficient (Wildman–Crippen LogP) is 2.23. The fourth-order valence-corrected chi connectivity index (χ4v) is 2.74. The van der Waals surface area contributed by atoms with Gasteiger partial charge in [0.25, 0.3) is 0 Å². The summed E-state index contributed by atoms with van der Waals surface area (Å²) in [5.41, 5.74) is 2.88. The van der Waals surface area contributed by atoms with E-state index in [0.717, 1.165) is 16.8 Å². The van der Waals surface area contributed by atoms with Gasteiger partial charge in [0.1, 0.15) is 0 Å². The molecule has 0 saturated carbocycles. The molecule has 0 aliphatic heterocycles. The molecule has 22 heavy (non-hydrogen) atoms. The van der Waals surface area contributed by atoms with Crippen molar-refractivity contribution in [3.8, 4) is 0 Å². The van der Waals surface area contributed by atoms with Crippen LogP contribution in [-0.4, -0.2) is 17.6 Å². The number of nitrogens with one attached hydrogen (secondary N) is 1. The Hall–Kier alpha value is -2.27. The van der Waals surface area contributed by atoms with Crippen molar-refractivity contribution in [3.05, 3.63) is 65.2 Å². The summed E-state index contributed by atoms with van der Waals surface area (Å²) in [6.45, 7) is 1.97. The standard InChI is InChI=1S/C17H17NO3S/c1-12-4-2-7-15(8-12)18-16(19)11-22-10-13-5-3-6-14(9-13)17(20)21/h2-9H,10-11H2,1H3,(H,18,19)(H,20,21)/p-1. The number of rotatable bonds is 6. The molecule has 0 aliphatic carbocycles. The SMILES string of the molecule is Cc1cccc(NC(=O)CSCc2cccc(C(=O)[O-])c2)c1. The zero-order chi connectivity index (χ0) is 15.9. The Morgan fingerprint density at radius 3 is 2.64 bits per heavy atom. The summed E-state index contributed by atoms with van der Waals surface area (Å²) in [5.74, 6) is -0.387. The van der Waals surface area contributed by atoms with E-state index in [1.807, 2.05) is 37.3 Å². The molecule has 114 valence electrons. The quantitative estimate of drug-likeness (QED) is 0.888. The second kappa shape index (κ2) is 7.66. The highest BCUT2D eigenvalue weighted by atomic mass is 32.2. The molecule has 2 rings (SSSR count). The molecule has 2 aromatic carbocycles. The van der Waals surface area contributed by atoms with Gasteiger partial charge < -0.3 is 15.2 Å². The van der Waals surface area contributed by atoms with Gasteiger partial charge in [-0.25, -0.2) is 0 Å². The molecule has 0 aliphatic rings. The van der Waals surface area contributed by atoms with Crippen molar-refractivity contribution in [2.45, 2.75) is 12.7 Å². The minimum Gasteiger partial charge on any atom is -0.545 e. The first kappa shape index (κ1) is 16.1. The summed E-state index contributed by atoms with van der Waals surface area (Å²) >= 11 is 1.43. The number of carboxylic acid groups (broad SMARTS) is 1. The van der Waals surface area contributed by atoms with E-state index in [1.165, 1.54) is 17.8 Å². The third-order valence-corrected chi connectivity index (χ3v) is 3.97. The topological polar surface area (TPSA) is 69.2 Å². The fraction of sp³-hybridized carbons (Fsp3) is 0.176. The van der Waals surface area contributed by atoms with Gasteiger partial charge in [0, 0.05) is 11.4 Å². The number of benzene rings is 2. The number of anilines is 1. The zero-order valence-corrected chi connectivity index (χ0v) is 13.0. The van der Waals surface area contributed by atoms with Gasteiger partial charge in [0.15, 0.2) is 0 Å². The number of carboxylic acids is 1. The Bertz CT molecular complexity index is 685. The maximum atomic E-state index is 11.9. The molecule has 0 radical (unpaired) electrons. The zero-order valence-electron chi connectivity index (χ0n) is 12.2. The van der Waals surface area contributed by atoms with Crippen LogP contribution in [-0.2, 0) is 10.5 Å². The van der Waals surface area contributed by atoms with Crippen LogP contribution >= 0.6 is 11.8 Å². The van der Waals surface area contributed by atoms with E-state index >= 15 is 0 Å². The summed E-state index contributed by atoms with van der Waals surface area (Å²) in [6, 6.07) is 14.2. The van der Waals surface area contributed by atoms with Crippen LogP contribution in [0.1, 0.15) is 21.5 Å². The number of carbonyl (C=O) groups is 2. The normalized spacial score (nSPS) is 10.2. The lowest BCUT2D eigenvalue weighted by atomic mass is 10.1. The average molecular weight is 314 g/mol. The van der Waals surface area contributed by atoms with Crippen molar-refractivity contribution in [1.82, 2.24) is 0 Å². The van der Waals surface area contributed by atoms with E-state index in [1.54, 1.807) is 12.1 Å². The van der Waals surface area contributed by atoms with Crippen molar-refractivity contribution >= 4 is 29.3 Å². The number of aromatic carboxylic acids is 1. The van der Waals surface area contributed by atoms with E-state index in [0.29, 0.717) is 11.5 Å². The van der Waals surface area contributed by atoms with Crippen LogP contribution in [0, 0.1) is 6.92 Å². The Morgan fingerprint density at radius 1 is 1.14 bits per heavy atom. The van der Waals surface area contributed by atoms with Crippen molar-refractivity contribution in [2.75, 3.05) is 11.1 Å². The van der Waals surface area contributed by atoms with Crippen LogP contribution in [0.25, 0.3) is 0 Å². The molecule has 5 heteroatoms. The summed E-state index contributed by atoms with van der Waals surface area (Å²) in [5, 5.41) is 13.6. The highest BCUT2D eigenvalue weighted by Gasteiger charge is 2.04. The highest BCUT2D eigenvalue weighted by Crippen LogP contribution is 2.15. The number of amides is 1. The van der Waals surface area contributed by atoms with Crippen molar-refractivity contribution in [3.63, 3.8) is 0 Å². The Labute approximate surface area is 133 Å². The third kappa shape index (κ3) is 4.93. The molecule has 0 aromatic heterocycles. The Balaban J connectivity index is 1.82. The maximum absolute atomic E-state index is 11.9. The van der Waals surface area contributed by atoms with Crippen LogP contribution in [0.4, 0.5) is 5.69 Å². The van der Waals surface area contributed by atoms with Gasteiger partial charge in [-0.05, 0) is 41.8 Å². The number of hydrogen-bond acceptors (Lipinski definition) is 4. The van der Waals surface area contributed by atoms with Gasteiger partial charge in [0.05, 0.1) is 11.7 Å². The van der Waals surface area contributed by atoms with Gasteiger partial charge in [-0.15, -0.1) is 11.8 Å². The van der Waals surface area contributed by atoms with Crippen LogP contribution in [0.15, 0.2) is 48.5 Å². The van der Waals surface area contributed by atoms with Gasteiger partial charge in [-0.3, -0.25) is 4.79 Å². The Kier molecular flexibility index (Phi) is 5.61. The van der Waals surface area contributed by atoms with Crippen LogP contribution in [0.2, 0.25) is 0 Å². The van der Waals surface area contributed by atoms with Crippen molar-refractivity contribution in [1.29, 1.82) is 0 Å². The van der Waals surface area contributed by atoms with Gasteiger partial charge >= 0.3 is 0 Å². The molecule has 1 N–H and O–H groups in total. The summed E-state index contributed by atoms with van der Waals surface area (Å²) < 4.78 is 0. The summed E-state index contributed by atoms with van der Waals surface area (Å²) in [7, 11) is 0. The summed E-state index contributed by atoms with van der Waals surface area (Å²) in [6.07, 6.45) is 0. The molecular weight excluding hydrogens is 298 g/mol. The lowest BCUT2D eigenvalue weighted by molar-refractivity contribution is -0.255. The average Bonchev–Trinajstić information content (AvgIpc) is 2.47. The smallest absolute Gasteiger partial charge is 0.234 e. The number of thioether (sulfide) groups is 1. The van der Waals surface area contributed by atoms with Crippen LogP contribution < -0.4 is 10.4 Å². The molecule has 4 nitrogen and oxygen atoms in total. The predicted molar refractivity (Wildman–Crippen MR) is 86.7 cm³/mol. The first-order valence-electron chi connectivity index (χ1n) is 6.79. The lowest BCUT2D eigenvalue weighted by Crippen LogP contribution is -2.22. The molecule has 0 saturated heterocycles. The largest absolute Gasteiger partial charge is 0.545 e. The molecule has 2 aromatic rings.